The molecule has 0 radical (unpaired) electrons. The lowest BCUT2D eigenvalue weighted by Crippen LogP contribution is -2.51. The Labute approximate surface area is 318 Å². The van der Waals surface area contributed by atoms with Gasteiger partial charge in [-0.25, -0.2) is 9.97 Å². The van der Waals surface area contributed by atoms with E-state index >= 15 is 0 Å². The number of carboxylic acid groups (broad SMARTS) is 1. The van der Waals surface area contributed by atoms with Crippen molar-refractivity contribution in [3.8, 4) is 11.4 Å². The van der Waals surface area contributed by atoms with Crippen LogP contribution < -0.4 is 5.32 Å². The lowest BCUT2D eigenvalue weighted by atomic mass is 9.70. The molecule has 2 aromatic heterocycles. The van der Waals surface area contributed by atoms with Gasteiger partial charge in [-0.2, -0.15) is 0 Å². The first-order valence-electron chi connectivity index (χ1n) is 20.1. The molecular weight excluding hydrogens is 681 g/mol. The number of carbonyl (C=O) groups is 3. The maximum Gasteiger partial charge on any atom is 0.308 e. The average molecular weight is 737 g/mol. The van der Waals surface area contributed by atoms with Crippen molar-refractivity contribution < 1.29 is 19.5 Å². The number of aliphatic carboxylic acids is 1. The Morgan fingerprint density at radius 3 is 2.26 bits per heavy atom. The number of nitrogens with zero attached hydrogens (tertiary/aromatic N) is 3. The van der Waals surface area contributed by atoms with Gasteiger partial charge in [0.1, 0.15) is 6.04 Å². The standard InChI is InChI=1S/C44H56N4O4S/c1-5-6-27-7-11-29(12-8-27)30-15-17-31(18-16-30)33-25-45-40(46-26-33)32-13-9-28(10-14-32)23-36(47-41(49)38-21-22-39(53-38)44(2,3)4)42(50)48-34-19-20-37(48)35(24-34)43(51)52/h9-10,13-14,17,21-22,25-27,29-30,34-37H,5-8,11-12,15-16,18-20,23-24H2,1-4H3,(H,47,49)(H,51,52)/t27?,29?,30?,34?,35?,36-,37?/m0/s1. The highest BCUT2D eigenvalue weighted by Gasteiger charge is 2.52. The topological polar surface area (TPSA) is 112 Å². The molecule has 0 spiro atoms. The second-order valence-corrected chi connectivity index (χ2v) is 18.3. The molecule has 1 aromatic carbocycles. The Morgan fingerprint density at radius 1 is 0.925 bits per heavy atom. The van der Waals surface area contributed by atoms with E-state index in [1.165, 1.54) is 61.9 Å². The highest BCUT2D eigenvalue weighted by atomic mass is 32.1. The highest BCUT2D eigenvalue weighted by Crippen LogP contribution is 2.43. The zero-order chi connectivity index (χ0) is 37.3. The Kier molecular flexibility index (Phi) is 11.2. The van der Waals surface area contributed by atoms with Gasteiger partial charge < -0.3 is 15.3 Å². The van der Waals surface area contributed by atoms with E-state index in [1.54, 1.807) is 4.90 Å². The first-order chi connectivity index (χ1) is 25.5. The number of amides is 2. The molecule has 2 N–H and O–H groups in total. The van der Waals surface area contributed by atoms with Gasteiger partial charge in [0.25, 0.3) is 5.91 Å². The average Bonchev–Trinajstić information content (AvgIpc) is 3.92. The fourth-order valence-corrected chi connectivity index (χ4v) is 10.6. The normalized spacial score (nSPS) is 26.3. The lowest BCUT2D eigenvalue weighted by molar-refractivity contribution is -0.143. The van der Waals surface area contributed by atoms with Crippen molar-refractivity contribution in [2.45, 2.75) is 135 Å². The monoisotopic (exact) mass is 736 g/mol. The molecule has 282 valence electrons. The van der Waals surface area contributed by atoms with Crippen LogP contribution in [0.2, 0.25) is 0 Å². The first kappa shape index (κ1) is 37.5. The second kappa shape index (κ2) is 15.9. The van der Waals surface area contributed by atoms with Gasteiger partial charge in [0.05, 0.1) is 10.8 Å². The third-order valence-corrected chi connectivity index (χ3v) is 14.2. The molecule has 1 saturated carbocycles. The number of nitrogens with one attached hydrogen (secondary N) is 1. The van der Waals surface area contributed by atoms with E-state index in [0.29, 0.717) is 30.0 Å². The van der Waals surface area contributed by atoms with Gasteiger partial charge in [-0.3, -0.25) is 14.4 Å². The largest absolute Gasteiger partial charge is 0.481 e. The van der Waals surface area contributed by atoms with Crippen LogP contribution in [0.3, 0.4) is 0 Å². The predicted octanol–water partition coefficient (Wildman–Crippen LogP) is 9.10. The molecule has 3 aromatic rings. The molecule has 2 saturated heterocycles. The van der Waals surface area contributed by atoms with E-state index in [1.807, 2.05) is 48.8 Å². The zero-order valence-corrected chi connectivity index (χ0v) is 32.7. The van der Waals surface area contributed by atoms with Crippen LogP contribution in [0.15, 0.2) is 54.9 Å². The Hall–Kier alpha value is -3.85. The maximum atomic E-state index is 14.2. The van der Waals surface area contributed by atoms with Crippen LogP contribution in [0.25, 0.3) is 17.0 Å². The molecule has 4 heterocycles. The summed E-state index contributed by atoms with van der Waals surface area (Å²) >= 11 is 1.44. The molecule has 4 aliphatic rings. The molecule has 5 atom stereocenters. The van der Waals surface area contributed by atoms with E-state index in [9.17, 15) is 19.5 Å². The van der Waals surface area contributed by atoms with Gasteiger partial charge in [-0.05, 0) is 97.8 Å². The smallest absolute Gasteiger partial charge is 0.308 e. The number of hydrogen-bond acceptors (Lipinski definition) is 6. The molecule has 2 aliphatic carbocycles. The third-order valence-electron chi connectivity index (χ3n) is 12.7. The molecule has 2 amide bonds. The Balaban J connectivity index is 1.01. The van der Waals surface area contributed by atoms with Crippen LogP contribution in [0.5, 0.6) is 0 Å². The fraction of sp³-hybridized carbons (Fsp3) is 0.568. The first-order valence-corrected chi connectivity index (χ1v) is 20.9. The van der Waals surface area contributed by atoms with Crippen molar-refractivity contribution in [1.29, 1.82) is 0 Å². The van der Waals surface area contributed by atoms with Crippen molar-refractivity contribution in [3.05, 3.63) is 75.7 Å². The maximum absolute atomic E-state index is 14.2. The molecule has 53 heavy (non-hydrogen) atoms. The SMILES string of the molecule is CCCC1CCC(C2CC=C(c3cnc(-c4ccc(C[C@H](NC(=O)c5ccc(C(C)(C)C)s5)C(=O)N5C6CCC5C(C(=O)O)C6)cc4)nc3)CC2)CC1. The number of carbonyl (C=O) groups excluding carboxylic acids is 2. The van der Waals surface area contributed by atoms with Gasteiger partial charge >= 0.3 is 5.97 Å². The molecular formula is C44H56N4O4S. The number of carboxylic acids is 1. The number of benzene rings is 1. The van der Waals surface area contributed by atoms with Crippen LogP contribution in [0.1, 0.15) is 130 Å². The molecule has 3 fully saturated rings. The van der Waals surface area contributed by atoms with Gasteiger partial charge in [0.2, 0.25) is 5.91 Å². The van der Waals surface area contributed by atoms with Gasteiger partial charge in [0.15, 0.2) is 5.82 Å². The number of thiophene rings is 1. The molecule has 9 heteroatoms. The Bertz CT molecular complexity index is 1800. The summed E-state index contributed by atoms with van der Waals surface area (Å²) in [7, 11) is 0. The third kappa shape index (κ3) is 8.30. The summed E-state index contributed by atoms with van der Waals surface area (Å²) in [5.74, 6) is 1.41. The van der Waals surface area contributed by atoms with Crippen molar-refractivity contribution in [2.24, 2.45) is 23.7 Å². The predicted molar refractivity (Wildman–Crippen MR) is 211 cm³/mol. The number of allylic oxidation sites excluding steroid dienone is 2. The van der Waals surface area contributed by atoms with Gasteiger partial charge in [-0.1, -0.05) is 83.7 Å². The molecule has 7 rings (SSSR count). The zero-order valence-electron chi connectivity index (χ0n) is 31.9. The van der Waals surface area contributed by atoms with Gasteiger partial charge in [0, 0.05) is 46.9 Å². The van der Waals surface area contributed by atoms with E-state index in [2.05, 4.69) is 39.1 Å². The molecule has 4 unspecified atom stereocenters. The van der Waals surface area contributed by atoms with E-state index in [4.69, 9.17) is 9.97 Å². The minimum Gasteiger partial charge on any atom is -0.481 e. The van der Waals surface area contributed by atoms with Crippen molar-refractivity contribution in [1.82, 2.24) is 20.2 Å². The summed E-state index contributed by atoms with van der Waals surface area (Å²) in [6, 6.07) is 10.4. The minimum atomic E-state index is -0.853. The van der Waals surface area contributed by atoms with Crippen LogP contribution >= 0.6 is 11.3 Å². The summed E-state index contributed by atoms with van der Waals surface area (Å²) in [6.07, 6.45) is 20.4. The van der Waals surface area contributed by atoms with Crippen LogP contribution in [-0.4, -0.2) is 55.9 Å². The fourth-order valence-electron chi connectivity index (χ4n) is 9.64. The van der Waals surface area contributed by atoms with E-state index in [0.717, 1.165) is 58.6 Å². The lowest BCUT2D eigenvalue weighted by Gasteiger charge is -2.35. The van der Waals surface area contributed by atoms with E-state index in [-0.39, 0.29) is 29.3 Å². The molecule has 8 nitrogen and oxygen atoms in total. The van der Waals surface area contributed by atoms with E-state index < -0.39 is 17.9 Å². The minimum absolute atomic E-state index is 0.0891. The van der Waals surface area contributed by atoms with Crippen molar-refractivity contribution >= 4 is 34.7 Å². The number of rotatable bonds is 11. The summed E-state index contributed by atoms with van der Waals surface area (Å²) in [5.41, 5.74) is 4.16. The van der Waals surface area contributed by atoms with Crippen LogP contribution in [0, 0.1) is 23.7 Å². The number of aromatic nitrogens is 2. The summed E-state index contributed by atoms with van der Waals surface area (Å²) < 4.78 is 0. The van der Waals surface area contributed by atoms with Crippen LogP contribution in [0.4, 0.5) is 0 Å². The van der Waals surface area contributed by atoms with Crippen LogP contribution in [-0.2, 0) is 21.4 Å². The number of hydrogen-bond donors (Lipinski definition) is 2. The summed E-state index contributed by atoms with van der Waals surface area (Å²) in [5, 5.41) is 12.9. The summed E-state index contributed by atoms with van der Waals surface area (Å²) in [6.45, 7) is 8.65. The van der Waals surface area contributed by atoms with Crippen molar-refractivity contribution in [3.63, 3.8) is 0 Å². The summed E-state index contributed by atoms with van der Waals surface area (Å²) in [4.78, 5) is 52.7. The molecule has 2 bridgehead atoms. The quantitative estimate of drug-likeness (QED) is 0.203. The highest BCUT2D eigenvalue weighted by molar-refractivity contribution is 7.14. The Morgan fingerprint density at radius 2 is 1.66 bits per heavy atom. The number of fused-ring (bicyclic) bond motifs is 2. The molecule has 2 aliphatic heterocycles. The second-order valence-electron chi connectivity index (χ2n) is 17.2. The van der Waals surface area contributed by atoms with Crippen molar-refractivity contribution in [2.75, 3.05) is 0 Å². The van der Waals surface area contributed by atoms with Gasteiger partial charge in [-0.15, -0.1) is 11.3 Å².